The molecule has 4 aromatic carbocycles. The van der Waals surface area contributed by atoms with Gasteiger partial charge in [-0.1, -0.05) is 97.1 Å². The highest BCUT2D eigenvalue weighted by Crippen LogP contribution is 2.36. The minimum Gasteiger partial charge on any atom is -0.370 e. The van der Waals surface area contributed by atoms with Crippen molar-refractivity contribution in [1.29, 1.82) is 5.41 Å². The summed E-state index contributed by atoms with van der Waals surface area (Å²) < 4.78 is 0. The minimum absolute atomic E-state index is 0.0380. The summed E-state index contributed by atoms with van der Waals surface area (Å²) in [4.78, 5) is 34.4. The fourth-order valence-electron chi connectivity index (χ4n) is 6.62. The molecule has 43 heavy (non-hydrogen) atoms. The lowest BCUT2D eigenvalue weighted by atomic mass is 9.95. The van der Waals surface area contributed by atoms with Crippen LogP contribution in [0.5, 0.6) is 0 Å². The summed E-state index contributed by atoms with van der Waals surface area (Å²) in [6.45, 7) is 2.10. The quantitative estimate of drug-likeness (QED) is 0.147. The molecule has 220 valence electrons. The van der Waals surface area contributed by atoms with Crippen molar-refractivity contribution in [3.05, 3.63) is 120 Å². The number of hydrogen-bond acceptors (Lipinski definition) is 3. The molecule has 2 aliphatic rings. The van der Waals surface area contributed by atoms with Gasteiger partial charge in [-0.05, 0) is 52.8 Å². The number of nitrogens with zero attached hydrogens (tertiary/aromatic N) is 3. The highest BCUT2D eigenvalue weighted by molar-refractivity contribution is 5.90. The van der Waals surface area contributed by atoms with Crippen LogP contribution in [-0.4, -0.2) is 64.3 Å². The van der Waals surface area contributed by atoms with Crippen LogP contribution < -0.4 is 11.1 Å². The van der Waals surface area contributed by atoms with Gasteiger partial charge in [0.2, 0.25) is 5.91 Å². The van der Waals surface area contributed by atoms with Gasteiger partial charge in [-0.15, -0.1) is 0 Å². The summed E-state index contributed by atoms with van der Waals surface area (Å²) in [7, 11) is 0. The van der Waals surface area contributed by atoms with Crippen LogP contribution >= 0.6 is 0 Å². The third-order valence-corrected chi connectivity index (χ3v) is 8.62. The van der Waals surface area contributed by atoms with Crippen LogP contribution in [-0.2, 0) is 11.3 Å². The van der Waals surface area contributed by atoms with Gasteiger partial charge in [0.25, 0.3) is 0 Å². The molecular formula is C35H38N6O2. The number of guanidine groups is 1. The van der Waals surface area contributed by atoms with Crippen molar-refractivity contribution < 1.29 is 9.59 Å². The molecule has 2 fully saturated rings. The Bertz CT molecular complexity index is 1550. The normalized spacial score (nSPS) is 18.7. The number of hydrogen-bond donors (Lipinski definition) is 3. The molecule has 3 amide bonds. The van der Waals surface area contributed by atoms with Crippen molar-refractivity contribution in [2.45, 2.75) is 43.9 Å². The van der Waals surface area contributed by atoms with Crippen LogP contribution in [0.1, 0.15) is 42.0 Å². The van der Waals surface area contributed by atoms with Crippen LogP contribution in [0.3, 0.4) is 0 Å². The molecule has 2 atom stereocenters. The molecule has 0 bridgehead atoms. The lowest BCUT2D eigenvalue weighted by Crippen LogP contribution is -2.50. The molecule has 2 aliphatic heterocycles. The second-order valence-corrected chi connectivity index (χ2v) is 11.4. The molecule has 4 aromatic rings. The number of carbonyl (C=O) groups excluding carboxylic acids is 2. The van der Waals surface area contributed by atoms with Gasteiger partial charge in [-0.3, -0.25) is 10.2 Å². The predicted molar refractivity (Wildman–Crippen MR) is 169 cm³/mol. The van der Waals surface area contributed by atoms with E-state index in [0.717, 1.165) is 22.1 Å². The summed E-state index contributed by atoms with van der Waals surface area (Å²) in [6.07, 6.45) is 1.79. The number of urea groups is 1. The number of rotatable bonds is 9. The van der Waals surface area contributed by atoms with Crippen molar-refractivity contribution >= 4 is 28.7 Å². The number of benzene rings is 4. The predicted octanol–water partition coefficient (Wildman–Crippen LogP) is 5.10. The summed E-state index contributed by atoms with van der Waals surface area (Å²) in [6, 6.07) is 33.8. The van der Waals surface area contributed by atoms with E-state index in [-0.39, 0.29) is 30.0 Å². The van der Waals surface area contributed by atoms with Gasteiger partial charge in [0, 0.05) is 26.2 Å². The number of carbonyl (C=O) groups is 2. The molecule has 0 aromatic heterocycles. The Hall–Kier alpha value is -4.85. The first-order valence-electron chi connectivity index (χ1n) is 15.0. The van der Waals surface area contributed by atoms with Gasteiger partial charge in [0.05, 0.1) is 12.1 Å². The van der Waals surface area contributed by atoms with E-state index >= 15 is 0 Å². The zero-order valence-electron chi connectivity index (χ0n) is 24.2. The Kier molecular flexibility index (Phi) is 8.27. The second-order valence-electron chi connectivity index (χ2n) is 11.4. The highest BCUT2D eigenvalue weighted by atomic mass is 16.2. The Morgan fingerprint density at radius 1 is 0.884 bits per heavy atom. The van der Waals surface area contributed by atoms with Crippen molar-refractivity contribution in [3.63, 3.8) is 0 Å². The first-order valence-corrected chi connectivity index (χ1v) is 15.0. The molecule has 8 heteroatoms. The second kappa shape index (κ2) is 12.6. The van der Waals surface area contributed by atoms with E-state index in [4.69, 9.17) is 11.1 Å². The lowest BCUT2D eigenvalue weighted by molar-refractivity contribution is -0.136. The minimum atomic E-state index is -0.606. The average Bonchev–Trinajstić information content (AvgIpc) is 3.26. The molecule has 0 radical (unpaired) electrons. The molecule has 8 nitrogen and oxygen atoms in total. The van der Waals surface area contributed by atoms with Crippen molar-refractivity contribution in [1.82, 2.24) is 20.0 Å². The maximum absolute atomic E-state index is 14.6. The molecular weight excluding hydrogens is 536 g/mol. The SMILES string of the molecule is N=C(N)NCCC[C@H]1C(=O)N(C(c2ccccc2)c2ccccc2)CC[C@@H]2CN(Cc3ccc4ccccc4c3)C(=O)N21. The van der Waals surface area contributed by atoms with Gasteiger partial charge in [-0.2, -0.15) is 0 Å². The molecule has 0 spiro atoms. The molecule has 4 N–H and O–H groups in total. The largest absolute Gasteiger partial charge is 0.370 e. The lowest BCUT2D eigenvalue weighted by Gasteiger charge is -2.35. The van der Waals surface area contributed by atoms with E-state index in [0.29, 0.717) is 45.4 Å². The van der Waals surface area contributed by atoms with Crippen molar-refractivity contribution in [3.8, 4) is 0 Å². The maximum Gasteiger partial charge on any atom is 0.321 e. The van der Waals surface area contributed by atoms with E-state index in [1.165, 1.54) is 5.39 Å². The van der Waals surface area contributed by atoms with Crippen LogP contribution in [0.15, 0.2) is 103 Å². The third kappa shape index (κ3) is 6.04. The van der Waals surface area contributed by atoms with Gasteiger partial charge < -0.3 is 25.8 Å². The molecule has 0 aliphatic carbocycles. The number of nitrogens with two attached hydrogens (primary N) is 1. The topological polar surface area (TPSA) is 106 Å². The van der Waals surface area contributed by atoms with Crippen LogP contribution in [0.2, 0.25) is 0 Å². The van der Waals surface area contributed by atoms with Gasteiger partial charge in [0.1, 0.15) is 6.04 Å². The Labute approximate surface area is 252 Å². The number of amides is 3. The first-order chi connectivity index (χ1) is 21.0. The molecule has 0 saturated carbocycles. The number of fused-ring (bicyclic) bond motifs is 2. The fourth-order valence-corrected chi connectivity index (χ4v) is 6.62. The smallest absolute Gasteiger partial charge is 0.321 e. The molecule has 0 unspecified atom stereocenters. The van der Waals surface area contributed by atoms with Crippen molar-refractivity contribution in [2.24, 2.45) is 5.73 Å². The first kappa shape index (κ1) is 28.3. The fraction of sp³-hybridized carbons (Fsp3) is 0.286. The number of nitrogens with one attached hydrogen (secondary N) is 2. The highest BCUT2D eigenvalue weighted by Gasteiger charge is 2.48. The van der Waals surface area contributed by atoms with E-state index in [2.05, 4.69) is 59.9 Å². The Morgan fingerprint density at radius 2 is 1.53 bits per heavy atom. The molecule has 2 saturated heterocycles. The average molecular weight is 575 g/mol. The van der Waals surface area contributed by atoms with E-state index < -0.39 is 6.04 Å². The van der Waals surface area contributed by atoms with Crippen LogP contribution in [0, 0.1) is 5.41 Å². The monoisotopic (exact) mass is 574 g/mol. The summed E-state index contributed by atoms with van der Waals surface area (Å²) in [5.74, 6) is -0.136. The summed E-state index contributed by atoms with van der Waals surface area (Å²) >= 11 is 0. The van der Waals surface area contributed by atoms with E-state index in [1.54, 1.807) is 0 Å². The maximum atomic E-state index is 14.6. The zero-order chi connectivity index (χ0) is 29.8. The van der Waals surface area contributed by atoms with Crippen LogP contribution in [0.25, 0.3) is 10.8 Å². The van der Waals surface area contributed by atoms with Gasteiger partial charge in [0.15, 0.2) is 5.96 Å². The Balaban J connectivity index is 1.29. The van der Waals surface area contributed by atoms with Crippen LogP contribution in [0.4, 0.5) is 4.79 Å². The van der Waals surface area contributed by atoms with Gasteiger partial charge in [-0.25, -0.2) is 4.79 Å². The Morgan fingerprint density at radius 3 is 2.21 bits per heavy atom. The van der Waals surface area contributed by atoms with E-state index in [9.17, 15) is 9.59 Å². The van der Waals surface area contributed by atoms with Crippen molar-refractivity contribution in [2.75, 3.05) is 19.6 Å². The third-order valence-electron chi connectivity index (χ3n) is 8.62. The standard InChI is InChI=1S/C35H38N6O2/c36-34(37)38-20-9-16-31-33(42)40(32(27-11-3-1-4-12-27)28-13-5-2-6-14-28)21-19-30-24-39(35(43)41(30)31)23-25-17-18-26-10-7-8-15-29(26)22-25/h1-8,10-15,17-18,22,30-32H,9,16,19-21,23-24H2,(H4,36,37,38)/t30-,31+/m1/s1. The van der Waals surface area contributed by atoms with E-state index in [1.807, 2.05) is 63.2 Å². The summed E-state index contributed by atoms with van der Waals surface area (Å²) in [5.41, 5.74) is 8.68. The zero-order valence-corrected chi connectivity index (χ0v) is 24.2. The molecule has 2 heterocycles. The molecule has 6 rings (SSSR count). The van der Waals surface area contributed by atoms with Gasteiger partial charge >= 0.3 is 6.03 Å². The summed E-state index contributed by atoms with van der Waals surface area (Å²) in [5, 5.41) is 12.7.